The van der Waals surface area contributed by atoms with E-state index in [0.717, 1.165) is 25.2 Å². The molecule has 0 aromatic heterocycles. The molecule has 1 fully saturated rings. The number of rotatable bonds is 12. The minimum absolute atomic E-state index is 0.467. The van der Waals surface area contributed by atoms with E-state index >= 15 is 0 Å². The van der Waals surface area contributed by atoms with E-state index in [-0.39, 0.29) is 0 Å². The Labute approximate surface area is 115 Å². The van der Waals surface area contributed by atoms with Crippen LogP contribution in [-0.4, -0.2) is 6.61 Å². The van der Waals surface area contributed by atoms with Crippen LogP contribution in [0, 0.1) is 0 Å². The van der Waals surface area contributed by atoms with Crippen molar-refractivity contribution >= 4 is 20.1 Å². The summed E-state index contributed by atoms with van der Waals surface area (Å²) >= 11 is 0.739. The van der Waals surface area contributed by atoms with Gasteiger partial charge in [0, 0.05) is 0 Å². The topological polar surface area (TPSA) is 44.8 Å². The zero-order chi connectivity index (χ0) is 13.1. The molecule has 1 aliphatic heterocycles. The van der Waals surface area contributed by atoms with Crippen LogP contribution < -0.4 is 0 Å². The molecule has 0 aromatic carbocycles. The molecule has 0 saturated carbocycles. The predicted molar refractivity (Wildman–Crippen MR) is 75.2 cm³/mol. The van der Waals surface area contributed by atoms with E-state index in [4.69, 9.17) is 4.52 Å². The fraction of sp³-hybridized carbons (Fsp3) is 1.00. The molecule has 0 N–H and O–H groups in total. The van der Waals surface area contributed by atoms with Gasteiger partial charge in [0.1, 0.15) is 0 Å². The molecule has 0 aromatic rings. The number of unbranched alkanes of at least 4 members (excludes halogenated alkanes) is 9. The fourth-order valence-corrected chi connectivity index (χ4v) is 3.23. The highest BCUT2D eigenvalue weighted by atomic mass is 32.2. The van der Waals surface area contributed by atoms with Crippen molar-refractivity contribution in [1.29, 1.82) is 0 Å². The first-order valence-electron chi connectivity index (χ1n) is 7.06. The van der Waals surface area contributed by atoms with Gasteiger partial charge in [-0.1, -0.05) is 64.7 Å². The lowest BCUT2D eigenvalue weighted by atomic mass is 10.1. The molecule has 6 heteroatoms. The van der Waals surface area contributed by atoms with Gasteiger partial charge in [-0.2, -0.15) is 7.94 Å². The highest BCUT2D eigenvalue weighted by molar-refractivity contribution is 8.02. The Hall–Kier alpha value is 0.460. The molecular weight excluding hydrogens is 271 g/mol. The van der Waals surface area contributed by atoms with E-state index in [1.54, 1.807) is 0 Å². The fourth-order valence-electron chi connectivity index (χ4n) is 1.89. The summed E-state index contributed by atoms with van der Waals surface area (Å²) in [4.78, 5) is 0. The van der Waals surface area contributed by atoms with Gasteiger partial charge >= 0.3 is 7.82 Å². The molecular formula is C12H25O4PS. The third-order valence-electron chi connectivity index (χ3n) is 2.99. The first-order chi connectivity index (χ1) is 8.77. The van der Waals surface area contributed by atoms with Crippen molar-refractivity contribution in [2.75, 3.05) is 6.61 Å². The molecule has 1 saturated heterocycles. The van der Waals surface area contributed by atoms with Gasteiger partial charge < -0.3 is 0 Å². The van der Waals surface area contributed by atoms with Gasteiger partial charge in [0.15, 0.2) is 12.3 Å². The van der Waals surface area contributed by atoms with Gasteiger partial charge in [0.05, 0.1) is 6.61 Å². The van der Waals surface area contributed by atoms with Crippen molar-refractivity contribution in [3.05, 3.63) is 0 Å². The van der Waals surface area contributed by atoms with Crippen LogP contribution in [0.5, 0.6) is 0 Å². The van der Waals surface area contributed by atoms with Gasteiger partial charge in [0.25, 0.3) is 0 Å². The van der Waals surface area contributed by atoms with Crippen molar-refractivity contribution < 1.29 is 17.0 Å². The van der Waals surface area contributed by atoms with Crippen LogP contribution in [0.1, 0.15) is 71.1 Å². The van der Waals surface area contributed by atoms with Gasteiger partial charge in [-0.15, -0.1) is 0 Å². The maximum Gasteiger partial charge on any atom is 0.501 e. The molecule has 0 unspecified atom stereocenters. The van der Waals surface area contributed by atoms with E-state index in [1.807, 2.05) is 0 Å². The molecule has 0 aliphatic carbocycles. The lowest BCUT2D eigenvalue weighted by Gasteiger charge is -2.21. The zero-order valence-corrected chi connectivity index (χ0v) is 13.0. The van der Waals surface area contributed by atoms with Crippen LogP contribution in [0.15, 0.2) is 0 Å². The summed E-state index contributed by atoms with van der Waals surface area (Å²) in [6.45, 7) is 2.71. The monoisotopic (exact) mass is 296 g/mol. The molecule has 0 amide bonds. The molecule has 1 aliphatic rings. The number of hydrogen-bond donors (Lipinski definition) is 0. The third kappa shape index (κ3) is 7.80. The Kier molecular flexibility index (Phi) is 9.42. The van der Waals surface area contributed by atoms with E-state index in [0.29, 0.717) is 6.61 Å². The maximum absolute atomic E-state index is 11.2. The molecule has 108 valence electrons. The minimum atomic E-state index is -3.11. The molecule has 0 spiro atoms. The average Bonchev–Trinajstić information content (AvgIpc) is 2.34. The zero-order valence-electron chi connectivity index (χ0n) is 11.3. The van der Waals surface area contributed by atoms with Crippen molar-refractivity contribution in [1.82, 2.24) is 0 Å². The summed E-state index contributed by atoms with van der Waals surface area (Å²) < 4.78 is 25.5. The second kappa shape index (κ2) is 10.3. The number of phosphoric acid groups is 1. The van der Waals surface area contributed by atoms with Crippen molar-refractivity contribution in [2.45, 2.75) is 71.1 Å². The quantitative estimate of drug-likeness (QED) is 0.265. The highest BCUT2D eigenvalue weighted by Gasteiger charge is 2.38. The van der Waals surface area contributed by atoms with E-state index in [9.17, 15) is 4.57 Å². The SMILES string of the molecule is CCCCCCCCCCCCOP1(=O)OSO1. The lowest BCUT2D eigenvalue weighted by molar-refractivity contribution is 0.190. The summed E-state index contributed by atoms with van der Waals surface area (Å²) in [6, 6.07) is 0. The van der Waals surface area contributed by atoms with Crippen LogP contribution in [0.25, 0.3) is 0 Å². The summed E-state index contributed by atoms with van der Waals surface area (Å²) in [7, 11) is -3.11. The summed E-state index contributed by atoms with van der Waals surface area (Å²) in [6.07, 6.45) is 12.8. The van der Waals surface area contributed by atoms with Gasteiger partial charge in [-0.05, 0) is 6.42 Å². The van der Waals surface area contributed by atoms with Gasteiger partial charge in [0.2, 0.25) is 0 Å². The van der Waals surface area contributed by atoms with Crippen LogP contribution in [0.3, 0.4) is 0 Å². The molecule has 0 bridgehead atoms. The second-order valence-electron chi connectivity index (χ2n) is 4.68. The molecule has 18 heavy (non-hydrogen) atoms. The van der Waals surface area contributed by atoms with E-state index in [1.165, 1.54) is 51.4 Å². The molecule has 1 rings (SSSR count). The average molecular weight is 296 g/mol. The Morgan fingerprint density at radius 3 is 1.83 bits per heavy atom. The first kappa shape index (κ1) is 16.5. The van der Waals surface area contributed by atoms with E-state index < -0.39 is 7.82 Å². The Balaban J connectivity index is 1.72. The summed E-state index contributed by atoms with van der Waals surface area (Å²) in [5.74, 6) is 0. The first-order valence-corrected chi connectivity index (χ1v) is 9.19. The second-order valence-corrected chi connectivity index (χ2v) is 7.16. The highest BCUT2D eigenvalue weighted by Crippen LogP contribution is 2.65. The summed E-state index contributed by atoms with van der Waals surface area (Å²) in [5.41, 5.74) is 0. The van der Waals surface area contributed by atoms with Crippen molar-refractivity contribution in [3.63, 3.8) is 0 Å². The maximum atomic E-state index is 11.2. The van der Waals surface area contributed by atoms with Crippen LogP contribution in [0.4, 0.5) is 0 Å². The lowest BCUT2D eigenvalue weighted by Crippen LogP contribution is -2.01. The van der Waals surface area contributed by atoms with Crippen LogP contribution in [-0.2, 0) is 17.0 Å². The van der Waals surface area contributed by atoms with Crippen molar-refractivity contribution in [2.24, 2.45) is 0 Å². The normalized spacial score (nSPS) is 17.6. The third-order valence-corrected chi connectivity index (χ3v) is 5.44. The predicted octanol–water partition coefficient (Wildman–Crippen LogP) is 5.64. The Bertz CT molecular complexity index is 242. The molecule has 4 nitrogen and oxygen atoms in total. The van der Waals surface area contributed by atoms with Crippen LogP contribution in [0.2, 0.25) is 0 Å². The van der Waals surface area contributed by atoms with Crippen LogP contribution >= 0.6 is 20.1 Å². The molecule has 1 heterocycles. The van der Waals surface area contributed by atoms with E-state index in [2.05, 4.69) is 14.9 Å². The number of hydrogen-bond acceptors (Lipinski definition) is 5. The smallest absolute Gasteiger partial charge is 0.286 e. The molecule has 0 radical (unpaired) electrons. The summed E-state index contributed by atoms with van der Waals surface area (Å²) in [5, 5.41) is 0. The van der Waals surface area contributed by atoms with Gasteiger partial charge in [-0.3, -0.25) is 4.52 Å². The minimum Gasteiger partial charge on any atom is -0.286 e. The largest absolute Gasteiger partial charge is 0.501 e. The molecule has 0 atom stereocenters. The van der Waals surface area contributed by atoms with Crippen molar-refractivity contribution in [3.8, 4) is 0 Å². The van der Waals surface area contributed by atoms with Gasteiger partial charge in [-0.25, -0.2) is 4.57 Å². The Morgan fingerprint density at radius 1 is 0.889 bits per heavy atom. The Morgan fingerprint density at radius 2 is 1.39 bits per heavy atom. The standard InChI is InChI=1S/C12H25O4PS/c1-2-3-4-5-6-7-8-9-10-11-12-14-17(13)15-18-16-17/h2-12H2,1H3.